The molecule has 17 heavy (non-hydrogen) atoms. The van der Waals surface area contributed by atoms with Gasteiger partial charge in [0.05, 0.1) is 5.75 Å². The maximum absolute atomic E-state index is 11.8. The first-order valence-corrected chi connectivity index (χ1v) is 7.30. The van der Waals surface area contributed by atoms with Gasteiger partial charge in [-0.25, -0.2) is 0 Å². The number of Topliss-reactive ketones (excluding diaryl/α,β-unsaturated/α-hetero) is 1. The van der Waals surface area contributed by atoms with Gasteiger partial charge in [-0.2, -0.15) is 0 Å². The van der Waals surface area contributed by atoms with E-state index < -0.39 is 10.8 Å². The quantitative estimate of drug-likeness (QED) is 0.754. The zero-order valence-electron chi connectivity index (χ0n) is 10.9. The Kier molecular flexibility index (Phi) is 5.06. The summed E-state index contributed by atoms with van der Waals surface area (Å²) in [5.41, 5.74) is 1.87. The van der Waals surface area contributed by atoms with Crippen LogP contribution < -0.4 is 0 Å². The highest BCUT2D eigenvalue weighted by atomic mass is 32.2. The Morgan fingerprint density at radius 3 is 2.06 bits per heavy atom. The van der Waals surface area contributed by atoms with Crippen LogP contribution in [0.4, 0.5) is 0 Å². The van der Waals surface area contributed by atoms with E-state index in [1.54, 1.807) is 0 Å². The van der Waals surface area contributed by atoms with Gasteiger partial charge in [0.2, 0.25) is 0 Å². The molecule has 0 aliphatic rings. The Balaban J connectivity index is 2.73. The summed E-state index contributed by atoms with van der Waals surface area (Å²) >= 11 is 0. The summed E-state index contributed by atoms with van der Waals surface area (Å²) < 4.78 is 11.6. The molecule has 1 aromatic carbocycles. The Bertz CT molecular complexity index is 405. The second-order valence-corrected chi connectivity index (χ2v) is 6.77. The normalized spacial score (nSPS) is 13.1. The molecular weight excluding hydrogens is 232 g/mol. The van der Waals surface area contributed by atoms with Gasteiger partial charge < -0.3 is 0 Å². The van der Waals surface area contributed by atoms with Gasteiger partial charge in [0, 0.05) is 21.6 Å². The van der Waals surface area contributed by atoms with Crippen molar-refractivity contribution >= 4 is 16.6 Å². The molecule has 0 heterocycles. The second kappa shape index (κ2) is 6.10. The first-order valence-electron chi connectivity index (χ1n) is 5.92. The molecule has 1 unspecified atom stereocenters. The monoisotopic (exact) mass is 252 g/mol. The number of carbonyl (C=O) groups excluding carboxylic acids is 1. The van der Waals surface area contributed by atoms with Gasteiger partial charge in [0.25, 0.3) is 0 Å². The molecule has 1 aromatic rings. The van der Waals surface area contributed by atoms with Crippen molar-refractivity contribution < 1.29 is 9.00 Å². The Morgan fingerprint density at radius 1 is 1.12 bits per heavy atom. The van der Waals surface area contributed by atoms with Crippen LogP contribution in [-0.4, -0.2) is 21.0 Å². The molecule has 1 atom stereocenters. The number of hydrogen-bond acceptors (Lipinski definition) is 2. The summed E-state index contributed by atoms with van der Waals surface area (Å²) in [5, 5.41) is 0.0360. The van der Waals surface area contributed by atoms with Crippen LogP contribution in [0.2, 0.25) is 0 Å². The van der Waals surface area contributed by atoms with Gasteiger partial charge in [0.15, 0.2) is 5.78 Å². The third-order valence-corrected chi connectivity index (χ3v) is 4.30. The standard InChI is InChI=1S/C14H20O2S/c1-10(2)12-5-7-13(8-6-12)14(15)9-17(16)11(3)4/h5-8,10-11H,9H2,1-4H3. The minimum atomic E-state index is -1.07. The summed E-state index contributed by atoms with van der Waals surface area (Å²) in [6.07, 6.45) is 0. The van der Waals surface area contributed by atoms with E-state index in [2.05, 4.69) is 13.8 Å². The van der Waals surface area contributed by atoms with Gasteiger partial charge >= 0.3 is 0 Å². The molecular formula is C14H20O2S. The zero-order chi connectivity index (χ0) is 13.0. The van der Waals surface area contributed by atoms with Gasteiger partial charge in [-0.15, -0.1) is 0 Å². The first kappa shape index (κ1) is 14.1. The van der Waals surface area contributed by atoms with Gasteiger partial charge in [-0.05, 0) is 11.5 Å². The fraction of sp³-hybridized carbons (Fsp3) is 0.500. The molecule has 2 nitrogen and oxygen atoms in total. The van der Waals surface area contributed by atoms with Crippen LogP contribution in [-0.2, 0) is 10.8 Å². The lowest BCUT2D eigenvalue weighted by Crippen LogP contribution is -2.17. The maximum atomic E-state index is 11.8. The topological polar surface area (TPSA) is 34.1 Å². The van der Waals surface area contributed by atoms with Crippen molar-refractivity contribution in [3.05, 3.63) is 35.4 Å². The summed E-state index contributed by atoms with van der Waals surface area (Å²) in [5.74, 6) is 0.551. The number of rotatable bonds is 5. The van der Waals surface area contributed by atoms with Crippen LogP contribution in [0.1, 0.15) is 49.5 Å². The van der Waals surface area contributed by atoms with E-state index in [4.69, 9.17) is 0 Å². The molecule has 0 N–H and O–H groups in total. The fourth-order valence-corrected chi connectivity index (χ4v) is 2.19. The summed E-state index contributed by atoms with van der Waals surface area (Å²) in [6, 6.07) is 7.59. The average Bonchev–Trinajstić information content (AvgIpc) is 2.28. The van der Waals surface area contributed by atoms with Crippen molar-refractivity contribution in [3.63, 3.8) is 0 Å². The third kappa shape index (κ3) is 4.08. The van der Waals surface area contributed by atoms with Gasteiger partial charge in [-0.3, -0.25) is 9.00 Å². The lowest BCUT2D eigenvalue weighted by molar-refractivity contribution is 0.102. The smallest absolute Gasteiger partial charge is 0.175 e. The van der Waals surface area contributed by atoms with Crippen LogP contribution >= 0.6 is 0 Å². The van der Waals surface area contributed by atoms with Gasteiger partial charge in [0.1, 0.15) is 0 Å². The zero-order valence-corrected chi connectivity index (χ0v) is 11.7. The molecule has 0 saturated carbocycles. The molecule has 0 aliphatic carbocycles. The van der Waals surface area contributed by atoms with Crippen molar-refractivity contribution in [2.45, 2.75) is 38.9 Å². The SMILES string of the molecule is CC(C)c1ccc(C(=O)CS(=O)C(C)C)cc1. The number of carbonyl (C=O) groups is 1. The summed E-state index contributed by atoms with van der Waals surface area (Å²) in [6.45, 7) is 7.96. The fourth-order valence-electron chi connectivity index (χ4n) is 1.43. The molecule has 0 radical (unpaired) electrons. The molecule has 0 aliphatic heterocycles. The summed E-state index contributed by atoms with van der Waals surface area (Å²) in [4.78, 5) is 11.8. The van der Waals surface area contributed by atoms with Gasteiger partial charge in [-0.1, -0.05) is 52.0 Å². The van der Waals surface area contributed by atoms with Crippen molar-refractivity contribution in [1.29, 1.82) is 0 Å². The largest absolute Gasteiger partial charge is 0.293 e. The molecule has 94 valence electrons. The Hall–Kier alpha value is -0.960. The van der Waals surface area contributed by atoms with Crippen LogP contribution in [0.25, 0.3) is 0 Å². The van der Waals surface area contributed by atoms with E-state index >= 15 is 0 Å². The molecule has 0 saturated heterocycles. The minimum absolute atomic E-state index is 0.0349. The predicted octanol–water partition coefficient (Wildman–Crippen LogP) is 3.15. The van der Waals surface area contributed by atoms with Crippen LogP contribution in [0.3, 0.4) is 0 Å². The van der Waals surface area contributed by atoms with Crippen LogP contribution in [0, 0.1) is 0 Å². The van der Waals surface area contributed by atoms with E-state index in [9.17, 15) is 9.00 Å². The maximum Gasteiger partial charge on any atom is 0.175 e. The first-order chi connectivity index (χ1) is 7.91. The highest BCUT2D eigenvalue weighted by Gasteiger charge is 2.13. The summed E-state index contributed by atoms with van der Waals surface area (Å²) in [7, 11) is -1.07. The second-order valence-electron chi connectivity index (χ2n) is 4.77. The van der Waals surface area contributed by atoms with Crippen LogP contribution in [0.15, 0.2) is 24.3 Å². The Morgan fingerprint density at radius 2 is 1.65 bits per heavy atom. The van der Waals surface area contributed by atoms with Crippen LogP contribution in [0.5, 0.6) is 0 Å². The van der Waals surface area contributed by atoms with Crippen molar-refractivity contribution in [3.8, 4) is 0 Å². The van der Waals surface area contributed by atoms with E-state index in [0.29, 0.717) is 11.5 Å². The lowest BCUT2D eigenvalue weighted by atomic mass is 10.0. The highest BCUT2D eigenvalue weighted by Crippen LogP contribution is 2.15. The number of benzene rings is 1. The number of hydrogen-bond donors (Lipinski definition) is 0. The molecule has 0 amide bonds. The number of ketones is 1. The molecule has 3 heteroatoms. The van der Waals surface area contributed by atoms with Crippen molar-refractivity contribution in [2.75, 3.05) is 5.75 Å². The van der Waals surface area contributed by atoms with E-state index in [1.807, 2.05) is 38.1 Å². The predicted molar refractivity (Wildman–Crippen MR) is 73.0 cm³/mol. The Labute approximate surface area is 106 Å². The molecule has 1 rings (SSSR count). The molecule has 0 bridgehead atoms. The van der Waals surface area contributed by atoms with E-state index in [-0.39, 0.29) is 16.8 Å². The minimum Gasteiger partial charge on any atom is -0.293 e. The van der Waals surface area contributed by atoms with Crippen molar-refractivity contribution in [1.82, 2.24) is 0 Å². The molecule has 0 spiro atoms. The molecule has 0 aromatic heterocycles. The van der Waals surface area contributed by atoms with E-state index in [1.165, 1.54) is 5.56 Å². The molecule has 0 fully saturated rings. The van der Waals surface area contributed by atoms with Crippen molar-refractivity contribution in [2.24, 2.45) is 0 Å². The highest BCUT2D eigenvalue weighted by molar-refractivity contribution is 7.86. The average molecular weight is 252 g/mol. The van der Waals surface area contributed by atoms with E-state index in [0.717, 1.165) is 0 Å². The third-order valence-electron chi connectivity index (χ3n) is 2.70. The lowest BCUT2D eigenvalue weighted by Gasteiger charge is -2.07.